The summed E-state index contributed by atoms with van der Waals surface area (Å²) in [5, 5.41) is 11.3. The zero-order valence-electron chi connectivity index (χ0n) is 12.9. The van der Waals surface area contributed by atoms with E-state index in [2.05, 4.69) is 15.5 Å². The van der Waals surface area contributed by atoms with Gasteiger partial charge in [-0.2, -0.15) is 5.10 Å². The standard InChI is InChI=1S/C17H13ClFN3O2S/c18-14-2-1-3-15(19)13(14)9-24-12-6-4-11(5-7-12)8-20-22-17-21-16(23)10-25-17/h1-8H,9-10H2,(H,21,22,23)/b20-8+. The summed E-state index contributed by atoms with van der Waals surface area (Å²) in [6, 6.07) is 11.6. The van der Waals surface area contributed by atoms with Crippen molar-refractivity contribution in [3.63, 3.8) is 0 Å². The molecule has 8 heteroatoms. The number of benzene rings is 2. The normalized spacial score (nSPS) is 15.8. The lowest BCUT2D eigenvalue weighted by Gasteiger charge is -2.08. The van der Waals surface area contributed by atoms with Crippen LogP contribution in [0, 0.1) is 5.82 Å². The van der Waals surface area contributed by atoms with E-state index in [1.165, 1.54) is 17.8 Å². The van der Waals surface area contributed by atoms with Gasteiger partial charge in [-0.1, -0.05) is 29.4 Å². The van der Waals surface area contributed by atoms with Crippen molar-refractivity contribution in [2.75, 3.05) is 5.75 Å². The molecule has 2 aromatic rings. The molecule has 3 rings (SSSR count). The molecule has 0 aromatic heterocycles. The summed E-state index contributed by atoms with van der Waals surface area (Å²) in [5.74, 6) is 0.482. The van der Waals surface area contributed by atoms with E-state index in [-0.39, 0.29) is 12.5 Å². The molecule has 0 saturated carbocycles. The topological polar surface area (TPSA) is 63.0 Å². The van der Waals surface area contributed by atoms with Gasteiger partial charge in [-0.05, 0) is 42.0 Å². The molecule has 1 saturated heterocycles. The molecule has 1 N–H and O–H groups in total. The number of halogens is 2. The largest absolute Gasteiger partial charge is 0.489 e. The van der Waals surface area contributed by atoms with E-state index in [4.69, 9.17) is 16.3 Å². The Bertz CT molecular complexity index is 820. The molecule has 0 aliphatic carbocycles. The molecule has 2 aromatic carbocycles. The lowest BCUT2D eigenvalue weighted by molar-refractivity contribution is -0.116. The zero-order valence-corrected chi connectivity index (χ0v) is 14.5. The van der Waals surface area contributed by atoms with Gasteiger partial charge in [0.15, 0.2) is 5.17 Å². The van der Waals surface area contributed by atoms with Crippen LogP contribution in [0.1, 0.15) is 11.1 Å². The third kappa shape index (κ3) is 4.80. The second-order valence-electron chi connectivity index (χ2n) is 5.04. The Balaban J connectivity index is 1.58. The van der Waals surface area contributed by atoms with Gasteiger partial charge in [0.2, 0.25) is 5.91 Å². The van der Waals surface area contributed by atoms with Gasteiger partial charge in [0.05, 0.1) is 17.0 Å². The molecule has 1 aliphatic rings. The molecule has 0 radical (unpaired) electrons. The summed E-state index contributed by atoms with van der Waals surface area (Å²) in [6.07, 6.45) is 1.57. The summed E-state index contributed by atoms with van der Waals surface area (Å²) in [6.45, 7) is 0.0452. The molecule has 1 amide bonds. The summed E-state index contributed by atoms with van der Waals surface area (Å²) in [7, 11) is 0. The number of nitrogens with zero attached hydrogens (tertiary/aromatic N) is 2. The minimum atomic E-state index is -0.396. The van der Waals surface area contributed by atoms with Crippen LogP contribution in [0.4, 0.5) is 4.39 Å². The van der Waals surface area contributed by atoms with Gasteiger partial charge in [0, 0.05) is 5.56 Å². The fourth-order valence-electron chi connectivity index (χ4n) is 2.00. The maximum absolute atomic E-state index is 13.7. The number of amides is 1. The van der Waals surface area contributed by atoms with Crippen molar-refractivity contribution in [1.82, 2.24) is 5.32 Å². The van der Waals surface area contributed by atoms with Crippen molar-refractivity contribution in [2.45, 2.75) is 6.61 Å². The fourth-order valence-corrected chi connectivity index (χ4v) is 2.85. The summed E-state index contributed by atoms with van der Waals surface area (Å²) >= 11 is 7.27. The smallest absolute Gasteiger partial charge is 0.236 e. The predicted octanol–water partition coefficient (Wildman–Crippen LogP) is 3.61. The van der Waals surface area contributed by atoms with E-state index in [1.54, 1.807) is 42.6 Å². The minimum absolute atomic E-state index is 0.0452. The van der Waals surface area contributed by atoms with E-state index in [0.29, 0.717) is 27.3 Å². The highest BCUT2D eigenvalue weighted by Crippen LogP contribution is 2.21. The van der Waals surface area contributed by atoms with Crippen LogP contribution in [0.15, 0.2) is 52.7 Å². The number of hydrogen-bond donors (Lipinski definition) is 1. The molecule has 1 fully saturated rings. The molecule has 0 spiro atoms. The summed E-state index contributed by atoms with van der Waals surface area (Å²) < 4.78 is 19.2. The number of thioether (sulfide) groups is 1. The van der Waals surface area contributed by atoms with Crippen molar-refractivity contribution in [2.24, 2.45) is 10.2 Å². The SMILES string of the molecule is O=C1CS/C(=N/N=C/c2ccc(OCc3c(F)cccc3Cl)cc2)N1. The van der Waals surface area contributed by atoms with Gasteiger partial charge < -0.3 is 10.1 Å². The van der Waals surface area contributed by atoms with Gasteiger partial charge in [0.1, 0.15) is 18.2 Å². The second kappa shape index (κ2) is 8.13. The Labute approximate surface area is 152 Å². The van der Waals surface area contributed by atoms with Crippen LogP contribution in [0.25, 0.3) is 0 Å². The van der Waals surface area contributed by atoms with Crippen LogP contribution in [0.5, 0.6) is 5.75 Å². The van der Waals surface area contributed by atoms with Crippen molar-refractivity contribution in [3.05, 3.63) is 64.4 Å². The van der Waals surface area contributed by atoms with Gasteiger partial charge in [0.25, 0.3) is 0 Å². The molecule has 5 nitrogen and oxygen atoms in total. The Hall–Kier alpha value is -2.38. The summed E-state index contributed by atoms with van der Waals surface area (Å²) in [5.41, 5.74) is 1.14. The maximum Gasteiger partial charge on any atom is 0.236 e. The number of carbonyl (C=O) groups excluding carboxylic acids is 1. The Morgan fingerprint density at radius 2 is 2.08 bits per heavy atom. The lowest BCUT2D eigenvalue weighted by atomic mass is 10.2. The highest BCUT2D eigenvalue weighted by atomic mass is 35.5. The van der Waals surface area contributed by atoms with Gasteiger partial charge in [-0.3, -0.25) is 4.79 Å². The molecular formula is C17H13ClFN3O2S. The van der Waals surface area contributed by atoms with Crippen molar-refractivity contribution < 1.29 is 13.9 Å². The number of carbonyl (C=O) groups is 1. The number of rotatable bonds is 5. The average Bonchev–Trinajstić information content (AvgIpc) is 3.01. The molecule has 25 heavy (non-hydrogen) atoms. The minimum Gasteiger partial charge on any atom is -0.489 e. The highest BCUT2D eigenvalue weighted by molar-refractivity contribution is 8.15. The first-order valence-corrected chi connectivity index (χ1v) is 8.67. The third-order valence-corrected chi connectivity index (χ3v) is 4.48. The zero-order chi connectivity index (χ0) is 17.6. The van der Waals surface area contributed by atoms with Crippen LogP contribution in [0.2, 0.25) is 5.02 Å². The molecule has 0 bridgehead atoms. The van der Waals surface area contributed by atoms with Gasteiger partial charge >= 0.3 is 0 Å². The number of hydrogen-bond acceptors (Lipinski definition) is 5. The molecule has 128 valence electrons. The number of amidine groups is 1. The first-order valence-electron chi connectivity index (χ1n) is 7.31. The Kier molecular flexibility index (Phi) is 5.67. The molecule has 0 atom stereocenters. The quantitative estimate of drug-likeness (QED) is 0.639. The first kappa shape index (κ1) is 17.4. The summed E-state index contributed by atoms with van der Waals surface area (Å²) in [4.78, 5) is 11.0. The average molecular weight is 378 g/mol. The van der Waals surface area contributed by atoms with Crippen LogP contribution in [-0.2, 0) is 11.4 Å². The van der Waals surface area contributed by atoms with E-state index < -0.39 is 5.82 Å². The van der Waals surface area contributed by atoms with Crippen molar-refractivity contribution >= 4 is 40.7 Å². The van der Waals surface area contributed by atoms with E-state index in [0.717, 1.165) is 5.56 Å². The maximum atomic E-state index is 13.7. The predicted molar refractivity (Wildman–Crippen MR) is 97.8 cm³/mol. The van der Waals surface area contributed by atoms with Crippen LogP contribution in [-0.4, -0.2) is 23.0 Å². The van der Waals surface area contributed by atoms with Crippen LogP contribution in [0.3, 0.4) is 0 Å². The van der Waals surface area contributed by atoms with E-state index in [9.17, 15) is 9.18 Å². The second-order valence-corrected chi connectivity index (χ2v) is 6.42. The molecule has 0 unspecified atom stereocenters. The molecule has 1 heterocycles. The van der Waals surface area contributed by atoms with E-state index >= 15 is 0 Å². The van der Waals surface area contributed by atoms with Gasteiger partial charge in [-0.15, -0.1) is 5.10 Å². The Morgan fingerprint density at radius 3 is 2.76 bits per heavy atom. The molecular weight excluding hydrogens is 365 g/mol. The first-order chi connectivity index (χ1) is 12.1. The Morgan fingerprint density at radius 1 is 1.28 bits per heavy atom. The van der Waals surface area contributed by atoms with Gasteiger partial charge in [-0.25, -0.2) is 4.39 Å². The van der Waals surface area contributed by atoms with Crippen molar-refractivity contribution in [3.8, 4) is 5.75 Å². The van der Waals surface area contributed by atoms with E-state index in [1.807, 2.05) is 0 Å². The van der Waals surface area contributed by atoms with Crippen LogP contribution >= 0.6 is 23.4 Å². The van der Waals surface area contributed by atoms with Crippen molar-refractivity contribution in [1.29, 1.82) is 0 Å². The monoisotopic (exact) mass is 377 g/mol. The lowest BCUT2D eigenvalue weighted by Crippen LogP contribution is -2.19. The number of ether oxygens (including phenoxy) is 1. The fraction of sp³-hybridized carbons (Fsp3) is 0.118. The third-order valence-electron chi connectivity index (χ3n) is 3.27. The number of nitrogens with one attached hydrogen (secondary N) is 1. The van der Waals surface area contributed by atoms with Crippen LogP contribution < -0.4 is 10.1 Å². The molecule has 1 aliphatic heterocycles. The highest BCUT2D eigenvalue weighted by Gasteiger charge is 2.15.